The van der Waals surface area contributed by atoms with Gasteiger partial charge in [-0.1, -0.05) is 25.3 Å². The molecule has 0 radical (unpaired) electrons. The smallest absolute Gasteiger partial charge is 0.137 e. The van der Waals surface area contributed by atoms with E-state index >= 15 is 0 Å². The van der Waals surface area contributed by atoms with Crippen molar-refractivity contribution < 1.29 is 4.74 Å². The maximum Gasteiger partial charge on any atom is 0.137 e. The SMILES string of the molecule is COc1cncc(C(N)c2snnc2C(C)(C)C)c1. The summed E-state index contributed by atoms with van der Waals surface area (Å²) in [5.41, 5.74) is 8.08. The van der Waals surface area contributed by atoms with Gasteiger partial charge in [-0.15, -0.1) is 5.10 Å². The summed E-state index contributed by atoms with van der Waals surface area (Å²) in [5.74, 6) is 0.697. The van der Waals surface area contributed by atoms with Gasteiger partial charge in [0.2, 0.25) is 0 Å². The molecule has 2 N–H and O–H groups in total. The highest BCUT2D eigenvalue weighted by Crippen LogP contribution is 2.32. The number of pyridine rings is 1. The normalized spacial score (nSPS) is 13.3. The van der Waals surface area contributed by atoms with Crippen molar-refractivity contribution in [1.29, 1.82) is 0 Å². The summed E-state index contributed by atoms with van der Waals surface area (Å²) in [4.78, 5) is 5.11. The van der Waals surface area contributed by atoms with Crippen LogP contribution in [0.3, 0.4) is 0 Å². The van der Waals surface area contributed by atoms with E-state index in [-0.39, 0.29) is 11.5 Å². The van der Waals surface area contributed by atoms with Crippen LogP contribution >= 0.6 is 11.5 Å². The first kappa shape index (κ1) is 13.9. The number of aromatic nitrogens is 3. The van der Waals surface area contributed by atoms with Crippen LogP contribution in [0.15, 0.2) is 18.5 Å². The molecule has 1 unspecified atom stereocenters. The first-order valence-electron chi connectivity index (χ1n) is 6.00. The van der Waals surface area contributed by atoms with Gasteiger partial charge < -0.3 is 10.5 Å². The highest BCUT2D eigenvalue weighted by molar-refractivity contribution is 7.05. The van der Waals surface area contributed by atoms with E-state index in [2.05, 4.69) is 35.3 Å². The number of nitrogens with two attached hydrogens (primary N) is 1. The van der Waals surface area contributed by atoms with E-state index in [0.717, 1.165) is 16.1 Å². The molecule has 0 fully saturated rings. The Morgan fingerprint density at radius 1 is 1.32 bits per heavy atom. The molecule has 2 heterocycles. The Kier molecular flexibility index (Phi) is 3.82. The van der Waals surface area contributed by atoms with Gasteiger partial charge in [-0.2, -0.15) is 0 Å². The fourth-order valence-corrected chi connectivity index (χ4v) is 2.68. The molecule has 102 valence electrons. The van der Waals surface area contributed by atoms with E-state index < -0.39 is 0 Å². The summed E-state index contributed by atoms with van der Waals surface area (Å²) in [6.07, 6.45) is 3.41. The zero-order valence-electron chi connectivity index (χ0n) is 11.5. The van der Waals surface area contributed by atoms with Crippen molar-refractivity contribution in [2.75, 3.05) is 7.11 Å². The standard InChI is InChI=1S/C13H18N4OS/c1-13(2,3)12-11(19-17-16-12)10(14)8-5-9(18-4)7-15-6-8/h5-7,10H,14H2,1-4H3. The Morgan fingerprint density at radius 2 is 2.05 bits per heavy atom. The molecule has 0 saturated carbocycles. The molecule has 6 heteroatoms. The monoisotopic (exact) mass is 278 g/mol. The first-order chi connectivity index (χ1) is 8.93. The topological polar surface area (TPSA) is 73.9 Å². The van der Waals surface area contributed by atoms with E-state index in [9.17, 15) is 0 Å². The Morgan fingerprint density at radius 3 is 2.68 bits per heavy atom. The molecule has 2 rings (SSSR count). The minimum Gasteiger partial charge on any atom is -0.495 e. The van der Waals surface area contributed by atoms with Crippen molar-refractivity contribution in [3.8, 4) is 5.75 Å². The predicted octanol–water partition coefficient (Wildman–Crippen LogP) is 2.29. The lowest BCUT2D eigenvalue weighted by atomic mass is 9.89. The quantitative estimate of drug-likeness (QED) is 0.932. The number of nitrogens with zero attached hydrogens (tertiary/aromatic N) is 3. The molecule has 0 aliphatic heterocycles. The second-order valence-electron chi connectivity index (χ2n) is 5.37. The van der Waals surface area contributed by atoms with E-state index in [4.69, 9.17) is 10.5 Å². The van der Waals surface area contributed by atoms with Crippen LogP contribution in [0.25, 0.3) is 0 Å². The van der Waals surface area contributed by atoms with Gasteiger partial charge in [-0.25, -0.2) is 0 Å². The molecule has 5 nitrogen and oxygen atoms in total. The summed E-state index contributed by atoms with van der Waals surface area (Å²) in [5, 5.41) is 4.21. The third kappa shape index (κ3) is 2.90. The van der Waals surface area contributed by atoms with Crippen molar-refractivity contribution in [2.24, 2.45) is 5.73 Å². The fraction of sp³-hybridized carbons (Fsp3) is 0.462. The van der Waals surface area contributed by atoms with Crippen molar-refractivity contribution in [3.05, 3.63) is 34.6 Å². The number of ether oxygens (including phenoxy) is 1. The molecule has 0 spiro atoms. The van der Waals surface area contributed by atoms with Crippen molar-refractivity contribution in [1.82, 2.24) is 14.6 Å². The molecule has 0 aromatic carbocycles. The summed E-state index contributed by atoms with van der Waals surface area (Å²) < 4.78 is 9.21. The van der Waals surface area contributed by atoms with Crippen LogP contribution in [-0.2, 0) is 5.41 Å². The Bertz CT molecular complexity index is 562. The van der Waals surface area contributed by atoms with Gasteiger partial charge in [-0.05, 0) is 23.2 Å². The third-order valence-electron chi connectivity index (χ3n) is 2.84. The zero-order chi connectivity index (χ0) is 14.0. The molecule has 2 aromatic rings. The molecule has 0 amide bonds. The van der Waals surface area contributed by atoms with Crippen LogP contribution in [0.2, 0.25) is 0 Å². The minimum atomic E-state index is -0.281. The summed E-state index contributed by atoms with van der Waals surface area (Å²) >= 11 is 1.34. The lowest BCUT2D eigenvalue weighted by molar-refractivity contribution is 0.412. The molecule has 0 bridgehead atoms. The molecular formula is C13H18N4OS. The molecule has 1 atom stereocenters. The zero-order valence-corrected chi connectivity index (χ0v) is 12.4. The second kappa shape index (κ2) is 5.22. The highest BCUT2D eigenvalue weighted by atomic mass is 32.1. The molecule has 0 saturated heterocycles. The van der Waals surface area contributed by atoms with Crippen LogP contribution in [0.1, 0.15) is 42.9 Å². The van der Waals surface area contributed by atoms with Gasteiger partial charge in [0, 0.05) is 11.6 Å². The van der Waals surface area contributed by atoms with Gasteiger partial charge in [0.25, 0.3) is 0 Å². The Labute approximate surface area is 117 Å². The number of hydrogen-bond donors (Lipinski definition) is 1. The fourth-order valence-electron chi connectivity index (χ4n) is 1.79. The largest absolute Gasteiger partial charge is 0.495 e. The van der Waals surface area contributed by atoms with Crippen LogP contribution in [0, 0.1) is 0 Å². The molecule has 0 aliphatic rings. The molecule has 2 aromatic heterocycles. The highest BCUT2D eigenvalue weighted by Gasteiger charge is 2.26. The van der Waals surface area contributed by atoms with E-state index in [1.807, 2.05) is 6.07 Å². The average Bonchev–Trinajstić information content (AvgIpc) is 2.87. The van der Waals surface area contributed by atoms with E-state index in [0.29, 0.717) is 5.75 Å². The lowest BCUT2D eigenvalue weighted by Crippen LogP contribution is -2.19. The van der Waals surface area contributed by atoms with E-state index in [1.165, 1.54) is 11.5 Å². The maximum absolute atomic E-state index is 6.32. The lowest BCUT2D eigenvalue weighted by Gasteiger charge is -2.19. The van der Waals surface area contributed by atoms with E-state index in [1.54, 1.807) is 19.5 Å². The van der Waals surface area contributed by atoms with Crippen LogP contribution in [0.4, 0.5) is 0 Å². The van der Waals surface area contributed by atoms with Crippen molar-refractivity contribution >= 4 is 11.5 Å². The number of methoxy groups -OCH3 is 1. The average molecular weight is 278 g/mol. The third-order valence-corrected chi connectivity index (χ3v) is 3.64. The van der Waals surface area contributed by atoms with Gasteiger partial charge in [-0.3, -0.25) is 4.98 Å². The van der Waals surface area contributed by atoms with Gasteiger partial charge in [0.15, 0.2) is 0 Å². The summed E-state index contributed by atoms with van der Waals surface area (Å²) in [6.45, 7) is 6.30. The van der Waals surface area contributed by atoms with Crippen molar-refractivity contribution in [3.63, 3.8) is 0 Å². The summed E-state index contributed by atoms with van der Waals surface area (Å²) in [6, 6.07) is 1.61. The molecule has 0 aliphatic carbocycles. The van der Waals surface area contributed by atoms with Crippen LogP contribution in [-0.4, -0.2) is 21.7 Å². The van der Waals surface area contributed by atoms with Crippen LogP contribution in [0.5, 0.6) is 5.75 Å². The minimum absolute atomic E-state index is 0.0771. The number of rotatable bonds is 3. The maximum atomic E-state index is 6.32. The second-order valence-corrected chi connectivity index (χ2v) is 6.16. The van der Waals surface area contributed by atoms with Crippen molar-refractivity contribution in [2.45, 2.75) is 32.2 Å². The number of hydrogen-bond acceptors (Lipinski definition) is 6. The Balaban J connectivity index is 2.39. The van der Waals surface area contributed by atoms with Gasteiger partial charge >= 0.3 is 0 Å². The Hall–Kier alpha value is -1.53. The molecule has 19 heavy (non-hydrogen) atoms. The predicted molar refractivity (Wildman–Crippen MR) is 75.4 cm³/mol. The molecular weight excluding hydrogens is 260 g/mol. The van der Waals surface area contributed by atoms with Gasteiger partial charge in [0.05, 0.1) is 29.9 Å². The first-order valence-corrected chi connectivity index (χ1v) is 6.78. The van der Waals surface area contributed by atoms with Crippen LogP contribution < -0.4 is 10.5 Å². The van der Waals surface area contributed by atoms with Gasteiger partial charge in [0.1, 0.15) is 5.75 Å². The summed E-state index contributed by atoms with van der Waals surface area (Å²) in [7, 11) is 1.61.